The van der Waals surface area contributed by atoms with Gasteiger partial charge in [0.2, 0.25) is 0 Å². The smallest absolute Gasteiger partial charge is 0.138 e. The summed E-state index contributed by atoms with van der Waals surface area (Å²) >= 11 is 1.84. The first-order valence-corrected chi connectivity index (χ1v) is 29.2. The summed E-state index contributed by atoms with van der Waals surface area (Å²) in [5, 5.41) is 12.2. The number of rotatable bonds is 7. The molecular formula is C77H47N5S. The molecule has 0 N–H and O–H groups in total. The van der Waals surface area contributed by atoms with Crippen LogP contribution in [0.4, 0.5) is 0 Å². The molecule has 83 heavy (non-hydrogen) atoms. The standard InChI is InChI=1S/C77H47N5S/c1-3-18-48(19-4-1)50-34-37-71-61(40-50)56-22-7-12-28-67(56)79(71)53-43-54(80-68-29-13-8-23-57(68)62-41-51(35-38-72(62)80)49-20-5-2-6-21-49)45-55(44-53)81-69-30-14-9-24-58(69)63-46-64-59-25-10-15-31-70(59)82(74(64)47-73(63)81)77-33-17-27-66(78-77)52-36-39-76-65(42-52)60-26-11-16-32-75(60)83-76/h1-47H. The van der Waals surface area contributed by atoms with E-state index in [0.29, 0.717) is 0 Å². The number of pyridine rings is 1. The predicted molar refractivity (Wildman–Crippen MR) is 351 cm³/mol. The Morgan fingerprint density at radius 1 is 0.217 bits per heavy atom. The molecule has 0 spiro atoms. The van der Waals surface area contributed by atoms with Gasteiger partial charge in [0.05, 0.1) is 66.9 Å². The van der Waals surface area contributed by atoms with Crippen molar-refractivity contribution >= 4 is 119 Å². The fraction of sp³-hybridized carbons (Fsp3) is 0. The van der Waals surface area contributed by atoms with Gasteiger partial charge in [0.25, 0.3) is 0 Å². The molecule has 0 unspecified atom stereocenters. The number of aromatic nitrogens is 5. The third-order valence-corrected chi connectivity index (χ3v) is 18.5. The second-order valence-electron chi connectivity index (χ2n) is 21.9. The number of benzene rings is 12. The van der Waals surface area contributed by atoms with Crippen LogP contribution >= 0.6 is 11.3 Å². The lowest BCUT2D eigenvalue weighted by molar-refractivity contribution is 1.08. The highest BCUT2D eigenvalue weighted by Gasteiger charge is 2.23. The van der Waals surface area contributed by atoms with E-state index in [9.17, 15) is 0 Å². The molecule has 6 aromatic heterocycles. The molecule has 0 amide bonds. The molecule has 0 atom stereocenters. The predicted octanol–water partition coefficient (Wildman–Crippen LogP) is 20.8. The third kappa shape index (κ3) is 6.97. The zero-order valence-electron chi connectivity index (χ0n) is 44.8. The van der Waals surface area contributed by atoms with Crippen molar-refractivity contribution in [1.82, 2.24) is 23.3 Å². The van der Waals surface area contributed by atoms with Crippen molar-refractivity contribution in [2.24, 2.45) is 0 Å². The van der Waals surface area contributed by atoms with Gasteiger partial charge in [-0.05, 0) is 131 Å². The number of hydrogen-bond acceptors (Lipinski definition) is 2. The van der Waals surface area contributed by atoms with Crippen molar-refractivity contribution in [3.05, 3.63) is 285 Å². The minimum Gasteiger partial charge on any atom is -0.309 e. The summed E-state index contributed by atoms with van der Waals surface area (Å²) in [6.45, 7) is 0. The fourth-order valence-corrected chi connectivity index (χ4v) is 14.7. The van der Waals surface area contributed by atoms with Crippen LogP contribution in [0.3, 0.4) is 0 Å². The summed E-state index contributed by atoms with van der Waals surface area (Å²) in [5.41, 5.74) is 19.1. The number of hydrogen-bond donors (Lipinski definition) is 0. The van der Waals surface area contributed by atoms with Gasteiger partial charge in [-0.1, -0.05) is 176 Å². The van der Waals surface area contributed by atoms with Crippen molar-refractivity contribution in [3.63, 3.8) is 0 Å². The third-order valence-electron chi connectivity index (χ3n) is 17.3. The Morgan fingerprint density at radius 2 is 0.614 bits per heavy atom. The highest BCUT2D eigenvalue weighted by atomic mass is 32.1. The van der Waals surface area contributed by atoms with E-state index in [1.54, 1.807) is 0 Å². The first-order valence-electron chi connectivity index (χ1n) is 28.3. The summed E-state index contributed by atoms with van der Waals surface area (Å²) in [7, 11) is 0. The van der Waals surface area contributed by atoms with Gasteiger partial charge in [0.1, 0.15) is 5.82 Å². The van der Waals surface area contributed by atoms with Crippen LogP contribution in [0.15, 0.2) is 285 Å². The van der Waals surface area contributed by atoms with E-state index in [4.69, 9.17) is 4.98 Å². The average molecular weight is 1070 g/mol. The van der Waals surface area contributed by atoms with Gasteiger partial charge in [-0.2, -0.15) is 0 Å². The quantitative estimate of drug-likeness (QED) is 0.157. The Hall–Kier alpha value is -10.8. The maximum atomic E-state index is 5.54. The lowest BCUT2D eigenvalue weighted by atomic mass is 10.0. The van der Waals surface area contributed by atoms with Crippen LogP contribution in [0.5, 0.6) is 0 Å². The van der Waals surface area contributed by atoms with Crippen LogP contribution in [-0.2, 0) is 0 Å². The van der Waals surface area contributed by atoms with Crippen molar-refractivity contribution < 1.29 is 0 Å². The maximum absolute atomic E-state index is 5.54. The van der Waals surface area contributed by atoms with Gasteiger partial charge in [-0.3, -0.25) is 4.57 Å². The normalized spacial score (nSPS) is 12.1. The largest absolute Gasteiger partial charge is 0.309 e. The Labute approximate surface area is 480 Å². The van der Waals surface area contributed by atoms with Crippen molar-refractivity contribution in [3.8, 4) is 56.4 Å². The van der Waals surface area contributed by atoms with E-state index in [0.717, 1.165) is 78.3 Å². The molecule has 5 nitrogen and oxygen atoms in total. The van der Waals surface area contributed by atoms with E-state index in [-0.39, 0.29) is 0 Å². The van der Waals surface area contributed by atoms with Crippen molar-refractivity contribution in [2.75, 3.05) is 0 Å². The van der Waals surface area contributed by atoms with Crippen LogP contribution in [0.25, 0.3) is 164 Å². The van der Waals surface area contributed by atoms with Crippen LogP contribution in [0.1, 0.15) is 0 Å². The second-order valence-corrected chi connectivity index (χ2v) is 23.0. The second kappa shape index (κ2) is 17.9. The van der Waals surface area contributed by atoms with Gasteiger partial charge < -0.3 is 13.7 Å². The summed E-state index contributed by atoms with van der Waals surface area (Å²) in [4.78, 5) is 5.54. The fourth-order valence-electron chi connectivity index (χ4n) is 13.6. The molecule has 0 aliphatic carbocycles. The zero-order valence-corrected chi connectivity index (χ0v) is 45.6. The van der Waals surface area contributed by atoms with E-state index in [2.05, 4.69) is 303 Å². The Kier molecular flexibility index (Phi) is 9.90. The monoisotopic (exact) mass is 1070 g/mol. The van der Waals surface area contributed by atoms with Gasteiger partial charge in [-0.15, -0.1) is 11.3 Å². The minimum atomic E-state index is 0.874. The Bertz CT molecular complexity index is 5520. The van der Waals surface area contributed by atoms with Crippen LogP contribution < -0.4 is 0 Å². The van der Waals surface area contributed by atoms with Gasteiger partial charge >= 0.3 is 0 Å². The molecule has 6 heterocycles. The number of fused-ring (bicyclic) bond motifs is 15. The molecular weight excluding hydrogens is 1030 g/mol. The Balaban J connectivity index is 0.908. The summed E-state index contributed by atoms with van der Waals surface area (Å²) in [5.74, 6) is 0.874. The highest BCUT2D eigenvalue weighted by molar-refractivity contribution is 7.25. The molecule has 386 valence electrons. The lowest BCUT2D eigenvalue weighted by Crippen LogP contribution is -2.03. The van der Waals surface area contributed by atoms with E-state index in [1.807, 2.05) is 11.3 Å². The van der Waals surface area contributed by atoms with Gasteiger partial charge in [0, 0.05) is 68.8 Å². The van der Waals surface area contributed by atoms with Crippen molar-refractivity contribution in [2.45, 2.75) is 0 Å². The number of thiophene rings is 1. The average Bonchev–Trinajstić information content (AvgIpc) is 4.54. The topological polar surface area (TPSA) is 32.6 Å². The highest BCUT2D eigenvalue weighted by Crippen LogP contribution is 2.44. The van der Waals surface area contributed by atoms with E-state index in [1.165, 1.54) is 85.5 Å². The minimum absolute atomic E-state index is 0.874. The number of para-hydroxylation sites is 4. The first kappa shape index (κ1) is 46.0. The lowest BCUT2D eigenvalue weighted by Gasteiger charge is -2.17. The molecule has 0 aliphatic rings. The molecule has 0 fully saturated rings. The Morgan fingerprint density at radius 3 is 1.16 bits per heavy atom. The molecule has 0 bridgehead atoms. The molecule has 6 heteroatoms. The zero-order chi connectivity index (χ0) is 54.3. The van der Waals surface area contributed by atoms with E-state index < -0.39 is 0 Å². The molecule has 12 aromatic carbocycles. The summed E-state index contributed by atoms with van der Waals surface area (Å²) in [6, 6.07) is 105. The first-order chi connectivity index (χ1) is 41.1. The van der Waals surface area contributed by atoms with E-state index >= 15 is 0 Å². The maximum Gasteiger partial charge on any atom is 0.138 e. The van der Waals surface area contributed by atoms with Gasteiger partial charge in [0.15, 0.2) is 0 Å². The molecule has 0 saturated heterocycles. The van der Waals surface area contributed by atoms with Crippen LogP contribution in [0.2, 0.25) is 0 Å². The van der Waals surface area contributed by atoms with Crippen LogP contribution in [-0.4, -0.2) is 23.3 Å². The van der Waals surface area contributed by atoms with Gasteiger partial charge in [-0.25, -0.2) is 4.98 Å². The molecule has 18 rings (SSSR count). The van der Waals surface area contributed by atoms with Crippen LogP contribution in [0, 0.1) is 0 Å². The molecule has 0 radical (unpaired) electrons. The van der Waals surface area contributed by atoms with Crippen molar-refractivity contribution in [1.29, 1.82) is 0 Å². The number of nitrogens with zero attached hydrogens (tertiary/aromatic N) is 5. The molecule has 0 saturated carbocycles. The SMILES string of the molecule is c1ccc(-c2ccc3c(c2)c2ccccc2n3-c2cc(-n3c4ccccc4c4cc(-c5ccccc5)ccc43)cc(-n3c4ccccc4c4cc5c6ccccc6n(-c6cccc(-c7ccc8sc9ccccc9c8c7)n6)c5cc43)c2)cc1. The molecule has 18 aromatic rings. The summed E-state index contributed by atoms with van der Waals surface area (Å²) in [6.07, 6.45) is 0. The summed E-state index contributed by atoms with van der Waals surface area (Å²) < 4.78 is 12.4. The molecule has 0 aliphatic heterocycles.